The molecule has 1 amide bonds. The molecule has 3 nitrogen and oxygen atoms in total. The number of amides is 1. The van der Waals surface area contributed by atoms with Crippen LogP contribution in [0, 0.1) is 6.92 Å². The van der Waals surface area contributed by atoms with Gasteiger partial charge in [-0.2, -0.15) is 0 Å². The lowest BCUT2D eigenvalue weighted by Gasteiger charge is -2.11. The number of nitrogens with one attached hydrogen (secondary N) is 1. The van der Waals surface area contributed by atoms with Crippen molar-refractivity contribution in [2.45, 2.75) is 13.5 Å². The molecule has 2 rings (SSSR count). The number of hydrogen-bond acceptors (Lipinski definition) is 2. The van der Waals surface area contributed by atoms with Crippen LogP contribution < -0.4 is 5.32 Å². The van der Waals surface area contributed by atoms with Crippen molar-refractivity contribution in [3.8, 4) is 0 Å². The van der Waals surface area contributed by atoms with E-state index in [1.807, 2.05) is 69.6 Å². The van der Waals surface area contributed by atoms with Gasteiger partial charge in [0.2, 0.25) is 0 Å². The molecule has 0 aliphatic rings. The normalized spacial score (nSPS) is 10.6. The highest BCUT2D eigenvalue weighted by atomic mass is 16.1. The third-order valence-corrected chi connectivity index (χ3v) is 3.10. The molecule has 20 heavy (non-hydrogen) atoms. The molecule has 0 spiro atoms. The Bertz CT molecular complexity index is 588. The summed E-state index contributed by atoms with van der Waals surface area (Å²) in [5, 5.41) is 2.93. The first kappa shape index (κ1) is 14.3. The number of anilines is 1. The summed E-state index contributed by atoms with van der Waals surface area (Å²) in [5.41, 5.74) is 3.74. The van der Waals surface area contributed by atoms with Crippen molar-refractivity contribution in [2.24, 2.45) is 0 Å². The first-order chi connectivity index (χ1) is 9.56. The van der Waals surface area contributed by atoms with Gasteiger partial charge in [0.1, 0.15) is 0 Å². The molecule has 0 unspecified atom stereocenters. The molecule has 1 N–H and O–H groups in total. The molecule has 104 valence electrons. The molecular formula is C17H20N2O. The summed E-state index contributed by atoms with van der Waals surface area (Å²) in [5.74, 6) is -0.0662. The van der Waals surface area contributed by atoms with Gasteiger partial charge in [0.15, 0.2) is 0 Å². The molecule has 0 aliphatic heterocycles. The van der Waals surface area contributed by atoms with E-state index in [1.54, 1.807) is 0 Å². The highest BCUT2D eigenvalue weighted by molar-refractivity contribution is 6.05. The minimum atomic E-state index is -0.0662. The molecule has 0 atom stereocenters. The van der Waals surface area contributed by atoms with E-state index < -0.39 is 0 Å². The molecule has 0 heterocycles. The maximum Gasteiger partial charge on any atom is 0.255 e. The Kier molecular flexibility index (Phi) is 4.53. The highest BCUT2D eigenvalue weighted by Gasteiger charge is 2.08. The van der Waals surface area contributed by atoms with Crippen molar-refractivity contribution < 1.29 is 4.79 Å². The van der Waals surface area contributed by atoms with Gasteiger partial charge in [-0.1, -0.05) is 30.3 Å². The van der Waals surface area contributed by atoms with Crippen LogP contribution in [0.5, 0.6) is 0 Å². The van der Waals surface area contributed by atoms with Crippen LogP contribution in [0.25, 0.3) is 0 Å². The first-order valence-corrected chi connectivity index (χ1v) is 6.67. The number of hydrogen-bond donors (Lipinski definition) is 1. The maximum absolute atomic E-state index is 12.2. The van der Waals surface area contributed by atoms with Gasteiger partial charge >= 0.3 is 0 Å². The average molecular weight is 268 g/mol. The Labute approximate surface area is 120 Å². The standard InChI is InChI=1S/C17H20N2O/c1-13-6-4-5-7-16(13)17(20)18-15-10-8-14(9-11-15)12-19(2)3/h4-11H,12H2,1-3H3,(H,18,20). The van der Waals surface area contributed by atoms with E-state index in [0.29, 0.717) is 5.56 Å². The SMILES string of the molecule is Cc1ccccc1C(=O)Nc1ccc(CN(C)C)cc1. The second-order valence-electron chi connectivity index (χ2n) is 5.20. The molecule has 2 aromatic carbocycles. The molecule has 0 saturated heterocycles. The number of aryl methyl sites for hydroxylation is 1. The summed E-state index contributed by atoms with van der Waals surface area (Å²) < 4.78 is 0. The first-order valence-electron chi connectivity index (χ1n) is 6.67. The molecule has 0 aromatic heterocycles. The van der Waals surface area contributed by atoms with E-state index >= 15 is 0 Å². The molecular weight excluding hydrogens is 248 g/mol. The van der Waals surface area contributed by atoms with E-state index in [1.165, 1.54) is 5.56 Å². The van der Waals surface area contributed by atoms with Crippen molar-refractivity contribution in [3.05, 3.63) is 65.2 Å². The van der Waals surface area contributed by atoms with Crippen molar-refractivity contribution >= 4 is 11.6 Å². The summed E-state index contributed by atoms with van der Waals surface area (Å²) >= 11 is 0. The zero-order chi connectivity index (χ0) is 14.5. The summed E-state index contributed by atoms with van der Waals surface area (Å²) in [6.07, 6.45) is 0. The fourth-order valence-corrected chi connectivity index (χ4v) is 2.08. The molecule has 0 saturated carbocycles. The van der Waals surface area contributed by atoms with Gasteiger partial charge in [-0.15, -0.1) is 0 Å². The molecule has 3 heteroatoms. The van der Waals surface area contributed by atoms with Crippen LogP contribution in [0.2, 0.25) is 0 Å². The van der Waals surface area contributed by atoms with Gasteiger partial charge < -0.3 is 10.2 Å². The Balaban J connectivity index is 2.07. The lowest BCUT2D eigenvalue weighted by atomic mass is 10.1. The topological polar surface area (TPSA) is 32.3 Å². The van der Waals surface area contributed by atoms with Crippen molar-refractivity contribution in [2.75, 3.05) is 19.4 Å². The van der Waals surface area contributed by atoms with Crippen molar-refractivity contribution in [1.82, 2.24) is 4.90 Å². The summed E-state index contributed by atoms with van der Waals surface area (Å²) in [6.45, 7) is 2.83. The number of rotatable bonds is 4. The zero-order valence-corrected chi connectivity index (χ0v) is 12.2. The van der Waals surface area contributed by atoms with E-state index in [9.17, 15) is 4.79 Å². The second-order valence-corrected chi connectivity index (χ2v) is 5.20. The van der Waals surface area contributed by atoms with Gasteiger partial charge in [0.05, 0.1) is 0 Å². The Morgan fingerprint density at radius 3 is 2.30 bits per heavy atom. The van der Waals surface area contributed by atoms with Crippen LogP contribution in [0.15, 0.2) is 48.5 Å². The molecule has 0 bridgehead atoms. The minimum absolute atomic E-state index is 0.0662. The van der Waals surface area contributed by atoms with Gasteiger partial charge in [-0.05, 0) is 50.3 Å². The van der Waals surface area contributed by atoms with E-state index in [0.717, 1.165) is 17.8 Å². The van der Waals surface area contributed by atoms with Crippen LogP contribution in [-0.2, 0) is 6.54 Å². The predicted molar refractivity (Wildman–Crippen MR) is 83.0 cm³/mol. The molecule has 0 radical (unpaired) electrons. The van der Waals surface area contributed by atoms with Crippen molar-refractivity contribution in [3.63, 3.8) is 0 Å². The number of carbonyl (C=O) groups excluding carboxylic acids is 1. The lowest BCUT2D eigenvalue weighted by molar-refractivity contribution is 0.102. The van der Waals surface area contributed by atoms with Crippen LogP contribution in [0.3, 0.4) is 0 Å². The summed E-state index contributed by atoms with van der Waals surface area (Å²) in [4.78, 5) is 14.3. The molecule has 0 aliphatic carbocycles. The summed E-state index contributed by atoms with van der Waals surface area (Å²) in [7, 11) is 4.07. The quantitative estimate of drug-likeness (QED) is 0.922. The van der Waals surface area contributed by atoms with Gasteiger partial charge in [0.25, 0.3) is 5.91 Å². The maximum atomic E-state index is 12.2. The summed E-state index contributed by atoms with van der Waals surface area (Å²) in [6, 6.07) is 15.5. The fraction of sp³-hybridized carbons (Fsp3) is 0.235. The van der Waals surface area contributed by atoms with Gasteiger partial charge in [-0.3, -0.25) is 4.79 Å². The van der Waals surface area contributed by atoms with E-state index in [-0.39, 0.29) is 5.91 Å². The van der Waals surface area contributed by atoms with Crippen LogP contribution in [0.4, 0.5) is 5.69 Å². The molecule has 0 fully saturated rings. The van der Waals surface area contributed by atoms with E-state index in [2.05, 4.69) is 10.2 Å². The zero-order valence-electron chi connectivity index (χ0n) is 12.2. The highest BCUT2D eigenvalue weighted by Crippen LogP contribution is 2.14. The van der Waals surface area contributed by atoms with Crippen LogP contribution in [-0.4, -0.2) is 24.9 Å². The number of carbonyl (C=O) groups is 1. The second kappa shape index (κ2) is 6.35. The lowest BCUT2D eigenvalue weighted by Crippen LogP contribution is -2.13. The van der Waals surface area contributed by atoms with Crippen LogP contribution in [0.1, 0.15) is 21.5 Å². The smallest absolute Gasteiger partial charge is 0.255 e. The predicted octanol–water partition coefficient (Wildman–Crippen LogP) is 3.31. The Morgan fingerprint density at radius 2 is 1.70 bits per heavy atom. The number of benzene rings is 2. The largest absolute Gasteiger partial charge is 0.322 e. The molecule has 2 aromatic rings. The minimum Gasteiger partial charge on any atom is -0.322 e. The average Bonchev–Trinajstić information content (AvgIpc) is 2.41. The van der Waals surface area contributed by atoms with Gasteiger partial charge in [0, 0.05) is 17.8 Å². The fourth-order valence-electron chi connectivity index (χ4n) is 2.08. The third-order valence-electron chi connectivity index (χ3n) is 3.10. The van der Waals surface area contributed by atoms with Gasteiger partial charge in [-0.25, -0.2) is 0 Å². The van der Waals surface area contributed by atoms with E-state index in [4.69, 9.17) is 0 Å². The van der Waals surface area contributed by atoms with Crippen LogP contribution >= 0.6 is 0 Å². The van der Waals surface area contributed by atoms with Crippen molar-refractivity contribution in [1.29, 1.82) is 0 Å². The monoisotopic (exact) mass is 268 g/mol. The number of nitrogens with zero attached hydrogens (tertiary/aromatic N) is 1. The Morgan fingerprint density at radius 1 is 1.05 bits per heavy atom. The Hall–Kier alpha value is -2.13. The third kappa shape index (κ3) is 3.68.